The molecule has 2 rings (SSSR count). The first kappa shape index (κ1) is 14.7. The second-order valence-electron chi connectivity index (χ2n) is 4.33. The number of hydrogen-bond acceptors (Lipinski definition) is 2. The predicted octanol–water partition coefficient (Wildman–Crippen LogP) is 4.91. The van der Waals surface area contributed by atoms with Gasteiger partial charge < -0.3 is 5.32 Å². The Balaban J connectivity index is 2.42. The SMILES string of the molecule is CCNC(c1ccc(F)c(Br)c1)c1sccc1CC. The van der Waals surface area contributed by atoms with Gasteiger partial charge in [0.2, 0.25) is 0 Å². The van der Waals surface area contributed by atoms with Crippen LogP contribution in [-0.2, 0) is 6.42 Å². The van der Waals surface area contributed by atoms with Gasteiger partial charge in [-0.25, -0.2) is 4.39 Å². The molecule has 102 valence electrons. The van der Waals surface area contributed by atoms with E-state index in [4.69, 9.17) is 0 Å². The predicted molar refractivity (Wildman–Crippen MR) is 83.3 cm³/mol. The average Bonchev–Trinajstić information content (AvgIpc) is 2.87. The lowest BCUT2D eigenvalue weighted by molar-refractivity contribution is 0.610. The van der Waals surface area contributed by atoms with Crippen LogP contribution < -0.4 is 5.32 Å². The second kappa shape index (κ2) is 6.64. The largest absolute Gasteiger partial charge is 0.306 e. The Bertz CT molecular complexity index is 553. The highest BCUT2D eigenvalue weighted by Gasteiger charge is 2.18. The standard InChI is InChI=1S/C15H17BrFNS/c1-3-10-7-8-19-15(10)14(18-4-2)11-5-6-13(17)12(16)9-11/h5-9,14,18H,3-4H2,1-2H3. The zero-order chi connectivity index (χ0) is 13.8. The van der Waals surface area contributed by atoms with Crippen molar-refractivity contribution in [3.63, 3.8) is 0 Å². The molecule has 0 saturated carbocycles. The van der Waals surface area contributed by atoms with Crippen LogP contribution in [0.15, 0.2) is 34.1 Å². The number of nitrogens with one attached hydrogen (secondary N) is 1. The summed E-state index contributed by atoms with van der Waals surface area (Å²) in [6, 6.07) is 7.54. The van der Waals surface area contributed by atoms with Crippen molar-refractivity contribution in [2.75, 3.05) is 6.54 Å². The molecule has 0 spiro atoms. The molecule has 0 saturated heterocycles. The van der Waals surface area contributed by atoms with Crippen LogP contribution in [0.2, 0.25) is 0 Å². The van der Waals surface area contributed by atoms with Crippen molar-refractivity contribution in [2.24, 2.45) is 0 Å². The molecule has 0 radical (unpaired) electrons. The summed E-state index contributed by atoms with van der Waals surface area (Å²) in [7, 11) is 0. The first-order valence-electron chi connectivity index (χ1n) is 6.42. The van der Waals surface area contributed by atoms with E-state index in [1.807, 2.05) is 12.1 Å². The third-order valence-corrected chi connectivity index (χ3v) is 4.74. The Labute approximate surface area is 126 Å². The van der Waals surface area contributed by atoms with Gasteiger partial charge >= 0.3 is 0 Å². The lowest BCUT2D eigenvalue weighted by Gasteiger charge is -2.19. The quantitative estimate of drug-likeness (QED) is 0.814. The van der Waals surface area contributed by atoms with Gasteiger partial charge in [0, 0.05) is 4.88 Å². The van der Waals surface area contributed by atoms with Crippen LogP contribution in [0.1, 0.15) is 35.9 Å². The van der Waals surface area contributed by atoms with Gasteiger partial charge in [-0.05, 0) is 63.6 Å². The normalized spacial score (nSPS) is 12.6. The van der Waals surface area contributed by atoms with E-state index in [0.717, 1.165) is 18.5 Å². The molecule has 1 N–H and O–H groups in total. The topological polar surface area (TPSA) is 12.0 Å². The maximum absolute atomic E-state index is 13.4. The van der Waals surface area contributed by atoms with E-state index >= 15 is 0 Å². The highest BCUT2D eigenvalue weighted by molar-refractivity contribution is 9.10. The van der Waals surface area contributed by atoms with Gasteiger partial charge in [0.05, 0.1) is 10.5 Å². The Kier molecular flexibility index (Phi) is 5.13. The molecule has 1 atom stereocenters. The van der Waals surface area contributed by atoms with E-state index in [-0.39, 0.29) is 11.9 Å². The molecule has 0 fully saturated rings. The molecule has 4 heteroatoms. The van der Waals surface area contributed by atoms with Crippen molar-refractivity contribution >= 4 is 27.3 Å². The van der Waals surface area contributed by atoms with Gasteiger partial charge in [-0.2, -0.15) is 0 Å². The van der Waals surface area contributed by atoms with Crippen molar-refractivity contribution in [1.82, 2.24) is 5.32 Å². The summed E-state index contributed by atoms with van der Waals surface area (Å²) in [6.07, 6.45) is 1.02. The molecule has 1 unspecified atom stereocenters. The fourth-order valence-electron chi connectivity index (χ4n) is 2.15. The van der Waals surface area contributed by atoms with Crippen molar-refractivity contribution < 1.29 is 4.39 Å². The molecule has 2 aromatic rings. The number of benzene rings is 1. The van der Waals surface area contributed by atoms with E-state index in [2.05, 4.69) is 46.5 Å². The highest BCUT2D eigenvalue weighted by Crippen LogP contribution is 2.32. The van der Waals surface area contributed by atoms with E-state index in [0.29, 0.717) is 4.47 Å². The molecule has 1 heterocycles. The Morgan fingerprint density at radius 2 is 2.11 bits per heavy atom. The second-order valence-corrected chi connectivity index (χ2v) is 6.13. The van der Waals surface area contributed by atoms with Crippen molar-refractivity contribution in [2.45, 2.75) is 26.3 Å². The number of thiophene rings is 1. The molecule has 0 aliphatic carbocycles. The number of rotatable bonds is 5. The smallest absolute Gasteiger partial charge is 0.137 e. The molecule has 0 amide bonds. The number of hydrogen-bond donors (Lipinski definition) is 1. The van der Waals surface area contributed by atoms with Gasteiger partial charge in [0.25, 0.3) is 0 Å². The summed E-state index contributed by atoms with van der Waals surface area (Å²) in [4.78, 5) is 1.32. The van der Waals surface area contributed by atoms with Gasteiger partial charge in [0.1, 0.15) is 5.82 Å². The Morgan fingerprint density at radius 3 is 2.74 bits per heavy atom. The maximum Gasteiger partial charge on any atom is 0.137 e. The minimum Gasteiger partial charge on any atom is -0.306 e. The number of halogens is 2. The summed E-state index contributed by atoms with van der Waals surface area (Å²) in [5.41, 5.74) is 2.45. The number of aryl methyl sites for hydroxylation is 1. The third kappa shape index (κ3) is 3.25. The summed E-state index contributed by atoms with van der Waals surface area (Å²) < 4.78 is 13.9. The van der Waals surface area contributed by atoms with Gasteiger partial charge in [-0.3, -0.25) is 0 Å². The maximum atomic E-state index is 13.4. The minimum absolute atomic E-state index is 0.136. The zero-order valence-electron chi connectivity index (χ0n) is 11.0. The molecule has 1 aromatic carbocycles. The lowest BCUT2D eigenvalue weighted by Crippen LogP contribution is -2.22. The van der Waals surface area contributed by atoms with Crippen LogP contribution >= 0.6 is 27.3 Å². The highest BCUT2D eigenvalue weighted by atomic mass is 79.9. The van der Waals surface area contributed by atoms with E-state index in [1.165, 1.54) is 16.5 Å². The molecule has 19 heavy (non-hydrogen) atoms. The van der Waals surface area contributed by atoms with Crippen LogP contribution in [-0.4, -0.2) is 6.54 Å². The summed E-state index contributed by atoms with van der Waals surface area (Å²) in [5, 5.41) is 5.61. The van der Waals surface area contributed by atoms with Gasteiger partial charge in [0.15, 0.2) is 0 Å². The van der Waals surface area contributed by atoms with Crippen molar-refractivity contribution in [3.8, 4) is 0 Å². The summed E-state index contributed by atoms with van der Waals surface area (Å²) in [6.45, 7) is 5.13. The zero-order valence-corrected chi connectivity index (χ0v) is 13.4. The Hall–Kier alpha value is -0.710. The van der Waals surface area contributed by atoms with Crippen LogP contribution in [0.5, 0.6) is 0 Å². The summed E-state index contributed by atoms with van der Waals surface area (Å²) >= 11 is 5.02. The fraction of sp³-hybridized carbons (Fsp3) is 0.333. The first-order chi connectivity index (χ1) is 9.17. The Morgan fingerprint density at radius 1 is 1.32 bits per heavy atom. The van der Waals surface area contributed by atoms with E-state index in [9.17, 15) is 4.39 Å². The van der Waals surface area contributed by atoms with Crippen molar-refractivity contribution in [1.29, 1.82) is 0 Å². The van der Waals surface area contributed by atoms with Crippen molar-refractivity contribution in [3.05, 3.63) is 55.9 Å². The van der Waals surface area contributed by atoms with Gasteiger partial charge in [-0.1, -0.05) is 19.9 Å². The third-order valence-electron chi connectivity index (χ3n) is 3.11. The molecule has 1 aromatic heterocycles. The fourth-order valence-corrected chi connectivity index (χ4v) is 3.65. The molecule has 1 nitrogen and oxygen atoms in total. The van der Waals surface area contributed by atoms with E-state index < -0.39 is 0 Å². The van der Waals surface area contributed by atoms with Crippen LogP contribution in [0, 0.1) is 5.82 Å². The molecule has 0 aliphatic heterocycles. The van der Waals surface area contributed by atoms with Crippen LogP contribution in [0.25, 0.3) is 0 Å². The molecular formula is C15H17BrFNS. The van der Waals surface area contributed by atoms with Gasteiger partial charge in [-0.15, -0.1) is 11.3 Å². The lowest BCUT2D eigenvalue weighted by atomic mass is 10.0. The molecule has 0 bridgehead atoms. The summed E-state index contributed by atoms with van der Waals surface area (Å²) in [5.74, 6) is -0.221. The molecular weight excluding hydrogens is 325 g/mol. The monoisotopic (exact) mass is 341 g/mol. The van der Waals surface area contributed by atoms with E-state index in [1.54, 1.807) is 11.3 Å². The average molecular weight is 342 g/mol. The minimum atomic E-state index is -0.221. The first-order valence-corrected chi connectivity index (χ1v) is 8.09. The molecule has 0 aliphatic rings. The van der Waals surface area contributed by atoms with Crippen LogP contribution in [0.3, 0.4) is 0 Å². The van der Waals surface area contributed by atoms with Crippen LogP contribution in [0.4, 0.5) is 4.39 Å².